The molecule has 1 aliphatic carbocycles. The van der Waals surface area contributed by atoms with Crippen molar-refractivity contribution < 1.29 is 35.8 Å². The molecule has 0 fully saturated rings. The first kappa shape index (κ1) is 19.1. The number of alkyl halides is 4. The lowest BCUT2D eigenvalue weighted by molar-refractivity contribution is -0.143. The lowest BCUT2D eigenvalue weighted by Crippen LogP contribution is -2.24. The summed E-state index contributed by atoms with van der Waals surface area (Å²) in [7, 11) is -4.67. The lowest BCUT2D eigenvalue weighted by Gasteiger charge is -2.16. The molecule has 27 heavy (non-hydrogen) atoms. The summed E-state index contributed by atoms with van der Waals surface area (Å²) in [6.07, 6.45) is -3.56. The molecular weight excluding hydrogens is 392 g/mol. The monoisotopic (exact) mass is 402 g/mol. The van der Waals surface area contributed by atoms with Crippen molar-refractivity contribution in [3.8, 4) is 17.6 Å². The van der Waals surface area contributed by atoms with E-state index in [0.29, 0.717) is 0 Å². The van der Waals surface area contributed by atoms with Crippen LogP contribution in [-0.4, -0.2) is 30.4 Å². The number of pyridine rings is 1. The number of hydrogen-bond donors (Lipinski definition) is 1. The van der Waals surface area contributed by atoms with E-state index in [1.165, 1.54) is 12.3 Å². The molecule has 0 unspecified atom stereocenters. The molecule has 0 aliphatic heterocycles. The molecule has 0 amide bonds. The second-order valence-corrected chi connectivity index (χ2v) is 7.56. The average molecular weight is 402 g/mol. The Morgan fingerprint density at radius 1 is 1.30 bits per heavy atom. The maximum Gasteiger partial charge on any atom is 0.312 e. The molecule has 1 heterocycles. The number of hydrogen-bond acceptors (Lipinski definition) is 6. The number of benzene rings is 1. The average Bonchev–Trinajstić information content (AvgIpc) is 2.83. The summed E-state index contributed by atoms with van der Waals surface area (Å²) in [5.74, 6) is -4.95. The van der Waals surface area contributed by atoms with Gasteiger partial charge in [-0.2, -0.15) is 14.0 Å². The fourth-order valence-corrected chi connectivity index (χ4v) is 3.69. The summed E-state index contributed by atoms with van der Waals surface area (Å²) >= 11 is 0. The molecule has 1 aromatic heterocycles. The summed E-state index contributed by atoms with van der Waals surface area (Å²) in [4.78, 5) is 2.75. The first-order valence-corrected chi connectivity index (χ1v) is 8.97. The minimum Gasteiger partial charge on any atom is -0.455 e. The Labute approximate surface area is 150 Å². The molecule has 2 atom stereocenters. The smallest absolute Gasteiger partial charge is 0.312 e. The molecule has 1 aliphatic rings. The van der Waals surface area contributed by atoms with Crippen molar-refractivity contribution in [1.82, 2.24) is 4.98 Å². The maximum absolute atomic E-state index is 14.4. The van der Waals surface area contributed by atoms with Crippen LogP contribution in [-0.2, 0) is 9.84 Å². The van der Waals surface area contributed by atoms with Crippen LogP contribution in [0.25, 0.3) is 0 Å². The van der Waals surface area contributed by atoms with Crippen LogP contribution in [0.1, 0.15) is 29.0 Å². The van der Waals surface area contributed by atoms with E-state index in [4.69, 9.17) is 10.00 Å². The van der Waals surface area contributed by atoms with Gasteiger partial charge in [0.25, 0.3) is 0 Å². The zero-order valence-corrected chi connectivity index (χ0v) is 14.1. The van der Waals surface area contributed by atoms with Crippen molar-refractivity contribution in [2.24, 2.45) is 0 Å². The zero-order chi connectivity index (χ0) is 20.0. The Balaban J connectivity index is 2.20. The molecule has 11 heteroatoms. The molecule has 0 saturated carbocycles. The summed E-state index contributed by atoms with van der Waals surface area (Å²) in [6, 6.07) is 2.68. The number of aliphatic hydroxyl groups excluding tert-OH is 1. The van der Waals surface area contributed by atoms with Gasteiger partial charge in [-0.3, -0.25) is 4.98 Å². The first-order valence-electron chi connectivity index (χ1n) is 7.32. The fourth-order valence-electron chi connectivity index (χ4n) is 2.75. The first-order chi connectivity index (χ1) is 12.6. The summed E-state index contributed by atoms with van der Waals surface area (Å²) in [5, 5.41) is 18.6. The number of rotatable bonds is 4. The van der Waals surface area contributed by atoms with Crippen LogP contribution >= 0.6 is 0 Å². The van der Waals surface area contributed by atoms with Crippen LogP contribution in [0.3, 0.4) is 0 Å². The van der Waals surface area contributed by atoms with E-state index >= 15 is 0 Å². The summed E-state index contributed by atoms with van der Waals surface area (Å²) in [5.41, 5.74) is -1.78. The van der Waals surface area contributed by atoms with Crippen molar-refractivity contribution in [1.29, 1.82) is 5.26 Å². The summed E-state index contributed by atoms with van der Waals surface area (Å²) in [6.45, 7) is 0. The largest absolute Gasteiger partial charge is 0.455 e. The van der Waals surface area contributed by atoms with Crippen LogP contribution in [0, 0.1) is 11.3 Å². The Hall–Kier alpha value is -2.71. The Kier molecular flexibility index (Phi) is 4.57. The molecule has 0 spiro atoms. The highest BCUT2D eigenvalue weighted by atomic mass is 32.2. The molecule has 3 rings (SSSR count). The normalized spacial score (nSPS) is 20.7. The van der Waals surface area contributed by atoms with E-state index in [9.17, 15) is 31.1 Å². The number of nitriles is 1. The third kappa shape index (κ3) is 3.00. The number of aromatic nitrogens is 1. The van der Waals surface area contributed by atoms with Crippen molar-refractivity contribution in [3.63, 3.8) is 0 Å². The Morgan fingerprint density at radius 3 is 2.63 bits per heavy atom. The van der Waals surface area contributed by atoms with Gasteiger partial charge in [-0.25, -0.2) is 17.2 Å². The van der Waals surface area contributed by atoms with Crippen LogP contribution in [0.15, 0.2) is 35.5 Å². The second-order valence-electron chi connectivity index (χ2n) is 5.68. The van der Waals surface area contributed by atoms with Gasteiger partial charge in [0.2, 0.25) is 9.84 Å². The highest BCUT2D eigenvalue weighted by Gasteiger charge is 2.59. The highest BCUT2D eigenvalue weighted by Crippen LogP contribution is 2.57. The van der Waals surface area contributed by atoms with Gasteiger partial charge in [-0.15, -0.1) is 0 Å². The van der Waals surface area contributed by atoms with Crippen molar-refractivity contribution >= 4 is 9.84 Å². The van der Waals surface area contributed by atoms with Crippen molar-refractivity contribution in [2.75, 3.05) is 6.01 Å². The maximum atomic E-state index is 14.4. The predicted octanol–water partition coefficient (Wildman–Crippen LogP) is 3.14. The van der Waals surface area contributed by atoms with Crippen LogP contribution in [0.2, 0.25) is 0 Å². The van der Waals surface area contributed by atoms with E-state index in [2.05, 4.69) is 4.98 Å². The number of nitrogens with zero attached hydrogens (tertiary/aromatic N) is 2. The third-order valence-corrected chi connectivity index (χ3v) is 5.30. The molecule has 1 aromatic carbocycles. The predicted molar refractivity (Wildman–Crippen MR) is 82.4 cm³/mol. The van der Waals surface area contributed by atoms with Gasteiger partial charge >= 0.3 is 5.92 Å². The van der Waals surface area contributed by atoms with E-state index in [-0.39, 0.29) is 11.3 Å². The molecule has 0 bridgehead atoms. The molecule has 1 N–H and O–H groups in total. The topological polar surface area (TPSA) is 100 Å². The highest BCUT2D eigenvalue weighted by molar-refractivity contribution is 7.91. The van der Waals surface area contributed by atoms with Gasteiger partial charge in [0.1, 0.15) is 23.7 Å². The second kappa shape index (κ2) is 6.47. The molecule has 6 nitrogen and oxygen atoms in total. The van der Waals surface area contributed by atoms with E-state index in [0.717, 1.165) is 18.3 Å². The van der Waals surface area contributed by atoms with E-state index in [1.807, 2.05) is 0 Å². The van der Waals surface area contributed by atoms with Gasteiger partial charge in [-0.05, 0) is 12.1 Å². The minimum atomic E-state index is -4.67. The van der Waals surface area contributed by atoms with E-state index < -0.39 is 55.8 Å². The van der Waals surface area contributed by atoms with E-state index in [1.54, 1.807) is 6.07 Å². The van der Waals surface area contributed by atoms with Gasteiger partial charge in [-0.1, -0.05) is 0 Å². The SMILES string of the molecule is N#Cc1cncc(Oc2ccc(S(=O)(=O)CF)c3c2[C@@H](F)C(F)(F)[C@H]3O)c1. The van der Waals surface area contributed by atoms with Gasteiger partial charge in [0.15, 0.2) is 12.2 Å². The molecule has 0 radical (unpaired) electrons. The lowest BCUT2D eigenvalue weighted by atomic mass is 10.1. The number of aliphatic hydroxyl groups is 1. The van der Waals surface area contributed by atoms with Crippen LogP contribution in [0.4, 0.5) is 17.6 Å². The molecule has 142 valence electrons. The number of fused-ring (bicyclic) bond motifs is 1. The van der Waals surface area contributed by atoms with Crippen LogP contribution < -0.4 is 4.74 Å². The van der Waals surface area contributed by atoms with Crippen molar-refractivity contribution in [3.05, 3.63) is 47.3 Å². The zero-order valence-electron chi connectivity index (χ0n) is 13.2. The van der Waals surface area contributed by atoms with Crippen molar-refractivity contribution in [2.45, 2.75) is 23.1 Å². The Bertz CT molecular complexity index is 1050. The van der Waals surface area contributed by atoms with Gasteiger partial charge in [0, 0.05) is 23.4 Å². The Morgan fingerprint density at radius 2 is 2.00 bits per heavy atom. The van der Waals surface area contributed by atoms with Crippen LogP contribution in [0.5, 0.6) is 11.5 Å². The molecular formula is C16H10F4N2O4S. The number of sulfone groups is 1. The quantitative estimate of drug-likeness (QED) is 0.789. The van der Waals surface area contributed by atoms with Gasteiger partial charge < -0.3 is 9.84 Å². The minimum absolute atomic E-state index is 0.0722. The standard InChI is InChI=1S/C16H10F4N2O4S/c17-7-27(24,25)11-2-1-10(26-9-3-8(4-21)5-22-6-9)12-13(11)15(23)16(19,20)14(12)18/h1-3,5-6,14-15,23H,7H2/t14-,15+/m1/s1. The number of halogens is 4. The van der Waals surface area contributed by atoms with Gasteiger partial charge in [0.05, 0.1) is 16.7 Å². The fraction of sp³-hybridized carbons (Fsp3) is 0.250. The summed E-state index contributed by atoms with van der Waals surface area (Å²) < 4.78 is 84.2. The molecule has 2 aromatic rings. The molecule has 0 saturated heterocycles. The third-order valence-electron chi connectivity index (χ3n) is 3.99. The number of ether oxygens (including phenoxy) is 1.